The number of benzene rings is 1. The zero-order valence-corrected chi connectivity index (χ0v) is 21.9. The highest BCUT2D eigenvalue weighted by Gasteiger charge is 2.39. The average molecular weight is 461 g/mol. The molecule has 1 aromatic carbocycles. The third kappa shape index (κ3) is 7.84. The Morgan fingerprint density at radius 1 is 0.788 bits per heavy atom. The molecule has 0 heterocycles. The normalized spacial score (nSPS) is 14.2. The summed E-state index contributed by atoms with van der Waals surface area (Å²) in [5.41, 5.74) is 1.15. The van der Waals surface area contributed by atoms with Crippen LogP contribution in [0.1, 0.15) is 47.1 Å². The number of nitrogens with zero attached hydrogens (tertiary/aromatic N) is 2. The number of carbonyl (C=O) groups excluding carboxylic acids is 3. The zero-order valence-electron chi connectivity index (χ0n) is 21.9. The SMILES string of the molecule is CN[C@@H](C(=O)N(C)[C@@H](C(=O)N(C)[C@@H](C(=O)NCCc1ccccc1)C(C)C)C(C)C)C(C)C. The summed E-state index contributed by atoms with van der Waals surface area (Å²) in [6.07, 6.45) is 0.724. The summed E-state index contributed by atoms with van der Waals surface area (Å²) in [5, 5.41) is 6.05. The number of hydrogen-bond acceptors (Lipinski definition) is 4. The van der Waals surface area contributed by atoms with Crippen LogP contribution in [0, 0.1) is 17.8 Å². The maximum Gasteiger partial charge on any atom is 0.246 e. The molecule has 7 heteroatoms. The van der Waals surface area contributed by atoms with E-state index < -0.39 is 12.1 Å². The first-order valence-electron chi connectivity index (χ1n) is 12.0. The van der Waals surface area contributed by atoms with E-state index in [0.29, 0.717) is 6.54 Å². The van der Waals surface area contributed by atoms with Crippen LogP contribution in [0.25, 0.3) is 0 Å². The van der Waals surface area contributed by atoms with Crippen LogP contribution < -0.4 is 10.6 Å². The summed E-state index contributed by atoms with van der Waals surface area (Å²) in [5.74, 6) is -0.622. The van der Waals surface area contributed by atoms with Crippen LogP contribution in [-0.4, -0.2) is 73.3 Å². The molecule has 0 fully saturated rings. The second-order valence-electron chi connectivity index (χ2n) is 9.81. The number of nitrogens with one attached hydrogen (secondary N) is 2. The predicted molar refractivity (Wildman–Crippen MR) is 134 cm³/mol. The van der Waals surface area contributed by atoms with E-state index in [4.69, 9.17) is 0 Å². The van der Waals surface area contributed by atoms with Crippen molar-refractivity contribution in [3.05, 3.63) is 35.9 Å². The van der Waals surface area contributed by atoms with Crippen molar-refractivity contribution in [2.75, 3.05) is 27.7 Å². The predicted octanol–water partition coefficient (Wildman–Crippen LogP) is 2.56. The molecule has 0 unspecified atom stereocenters. The standard InChI is InChI=1S/C26H44N4O3/c1-17(2)21(27-7)25(32)30(9)23(19(5)6)26(33)29(8)22(18(3)4)24(31)28-16-15-20-13-11-10-12-14-20/h10-14,17-19,21-23,27H,15-16H2,1-9H3,(H,28,31)/t21-,22-,23-/m1/s1. The molecule has 0 saturated carbocycles. The van der Waals surface area contributed by atoms with Gasteiger partial charge in [0.2, 0.25) is 17.7 Å². The third-order valence-electron chi connectivity index (χ3n) is 6.11. The first kappa shape index (κ1) is 28.6. The van der Waals surface area contributed by atoms with Gasteiger partial charge < -0.3 is 20.4 Å². The van der Waals surface area contributed by atoms with Crippen molar-refractivity contribution in [3.8, 4) is 0 Å². The highest BCUT2D eigenvalue weighted by atomic mass is 16.2. The van der Waals surface area contributed by atoms with E-state index in [-0.39, 0.29) is 41.5 Å². The van der Waals surface area contributed by atoms with Gasteiger partial charge in [-0.3, -0.25) is 14.4 Å². The van der Waals surface area contributed by atoms with Crippen LogP contribution in [0.3, 0.4) is 0 Å². The summed E-state index contributed by atoms with van der Waals surface area (Å²) in [4.78, 5) is 42.8. The first-order valence-corrected chi connectivity index (χ1v) is 12.0. The molecule has 186 valence electrons. The van der Waals surface area contributed by atoms with E-state index in [2.05, 4.69) is 10.6 Å². The fraction of sp³-hybridized carbons (Fsp3) is 0.654. The molecule has 1 rings (SSSR count). The molecule has 7 nitrogen and oxygen atoms in total. The third-order valence-corrected chi connectivity index (χ3v) is 6.11. The number of likely N-dealkylation sites (N-methyl/N-ethyl adjacent to an activating group) is 3. The van der Waals surface area contributed by atoms with Crippen molar-refractivity contribution >= 4 is 17.7 Å². The monoisotopic (exact) mass is 460 g/mol. The average Bonchev–Trinajstić information content (AvgIpc) is 2.74. The van der Waals surface area contributed by atoms with Gasteiger partial charge in [0.25, 0.3) is 0 Å². The van der Waals surface area contributed by atoms with Crippen molar-refractivity contribution in [1.29, 1.82) is 0 Å². The topological polar surface area (TPSA) is 81.8 Å². The molecule has 33 heavy (non-hydrogen) atoms. The number of carbonyl (C=O) groups is 3. The lowest BCUT2D eigenvalue weighted by Crippen LogP contribution is -2.59. The lowest BCUT2D eigenvalue weighted by atomic mass is 9.95. The van der Waals surface area contributed by atoms with Gasteiger partial charge in [0.05, 0.1) is 6.04 Å². The van der Waals surface area contributed by atoms with Gasteiger partial charge in [-0.05, 0) is 36.8 Å². The molecule has 0 spiro atoms. The van der Waals surface area contributed by atoms with Crippen LogP contribution in [0.5, 0.6) is 0 Å². The summed E-state index contributed by atoms with van der Waals surface area (Å²) >= 11 is 0. The summed E-state index contributed by atoms with van der Waals surface area (Å²) in [6, 6.07) is 8.30. The fourth-order valence-corrected chi connectivity index (χ4v) is 4.35. The molecule has 0 saturated heterocycles. The van der Waals surface area contributed by atoms with Gasteiger partial charge in [-0.15, -0.1) is 0 Å². The quantitative estimate of drug-likeness (QED) is 0.502. The molecule has 2 N–H and O–H groups in total. The van der Waals surface area contributed by atoms with Crippen LogP contribution in [0.4, 0.5) is 0 Å². The molecule has 3 atom stereocenters. The van der Waals surface area contributed by atoms with Gasteiger partial charge in [-0.2, -0.15) is 0 Å². The smallest absolute Gasteiger partial charge is 0.246 e. The van der Waals surface area contributed by atoms with Gasteiger partial charge in [0.15, 0.2) is 0 Å². The molecule has 0 bridgehead atoms. The van der Waals surface area contributed by atoms with Crippen LogP contribution >= 0.6 is 0 Å². The summed E-state index contributed by atoms with van der Waals surface area (Å²) in [7, 11) is 5.09. The van der Waals surface area contributed by atoms with Gasteiger partial charge in [-0.25, -0.2) is 0 Å². The molecule has 0 aromatic heterocycles. The van der Waals surface area contributed by atoms with Gasteiger partial charge in [0.1, 0.15) is 12.1 Å². The maximum absolute atomic E-state index is 13.6. The van der Waals surface area contributed by atoms with Crippen molar-refractivity contribution in [3.63, 3.8) is 0 Å². The van der Waals surface area contributed by atoms with E-state index in [9.17, 15) is 14.4 Å². The second kappa shape index (κ2) is 13.3. The Morgan fingerprint density at radius 2 is 1.30 bits per heavy atom. The number of amides is 3. The highest BCUT2D eigenvalue weighted by Crippen LogP contribution is 2.19. The van der Waals surface area contributed by atoms with Crippen molar-refractivity contribution in [2.45, 2.75) is 66.1 Å². The van der Waals surface area contributed by atoms with E-state index in [1.807, 2.05) is 71.9 Å². The Labute approximate surface area is 200 Å². The molecule has 1 aromatic rings. The minimum Gasteiger partial charge on any atom is -0.354 e. The van der Waals surface area contributed by atoms with E-state index in [0.717, 1.165) is 12.0 Å². The second-order valence-corrected chi connectivity index (χ2v) is 9.81. The van der Waals surface area contributed by atoms with Crippen LogP contribution in [-0.2, 0) is 20.8 Å². The largest absolute Gasteiger partial charge is 0.354 e. The molecular formula is C26H44N4O3. The highest BCUT2D eigenvalue weighted by molar-refractivity contribution is 5.93. The number of hydrogen-bond donors (Lipinski definition) is 2. The van der Waals surface area contributed by atoms with Gasteiger partial charge in [0, 0.05) is 20.6 Å². The van der Waals surface area contributed by atoms with Crippen molar-refractivity contribution in [1.82, 2.24) is 20.4 Å². The molecular weight excluding hydrogens is 416 g/mol. The van der Waals surface area contributed by atoms with Crippen molar-refractivity contribution in [2.24, 2.45) is 17.8 Å². The Bertz CT molecular complexity index is 764. The van der Waals surface area contributed by atoms with Crippen LogP contribution in [0.15, 0.2) is 30.3 Å². The van der Waals surface area contributed by atoms with Crippen molar-refractivity contribution < 1.29 is 14.4 Å². The Hall–Kier alpha value is -2.41. The van der Waals surface area contributed by atoms with Crippen LogP contribution in [0.2, 0.25) is 0 Å². The first-order chi connectivity index (χ1) is 15.4. The minimum atomic E-state index is -0.657. The minimum absolute atomic E-state index is 0.0785. The Kier molecular flexibility index (Phi) is 11.6. The fourth-order valence-electron chi connectivity index (χ4n) is 4.35. The zero-order chi connectivity index (χ0) is 25.3. The lowest BCUT2D eigenvalue weighted by Gasteiger charge is -2.38. The molecule has 0 aliphatic carbocycles. The summed E-state index contributed by atoms with van der Waals surface area (Å²) < 4.78 is 0. The number of rotatable bonds is 12. The van der Waals surface area contributed by atoms with Gasteiger partial charge in [-0.1, -0.05) is 71.9 Å². The Balaban J connectivity index is 2.98. The van der Waals surface area contributed by atoms with E-state index >= 15 is 0 Å². The lowest BCUT2D eigenvalue weighted by molar-refractivity contribution is -0.151. The molecule has 0 radical (unpaired) electrons. The van der Waals surface area contributed by atoms with E-state index in [1.54, 1.807) is 21.1 Å². The maximum atomic E-state index is 13.6. The van der Waals surface area contributed by atoms with Gasteiger partial charge >= 0.3 is 0 Å². The summed E-state index contributed by atoms with van der Waals surface area (Å²) in [6.45, 7) is 12.2. The van der Waals surface area contributed by atoms with E-state index in [1.165, 1.54) is 9.80 Å². The Morgan fingerprint density at radius 3 is 1.76 bits per heavy atom. The molecule has 0 aliphatic heterocycles. The molecule has 3 amide bonds. The molecule has 0 aliphatic rings.